The van der Waals surface area contributed by atoms with E-state index in [-0.39, 0.29) is 28.3 Å². The fourth-order valence-corrected chi connectivity index (χ4v) is 9.01. The Labute approximate surface area is 187 Å². The van der Waals surface area contributed by atoms with Gasteiger partial charge in [-0.15, -0.1) is 0 Å². The minimum Gasteiger partial charge on any atom is -0.486 e. The quantitative estimate of drug-likeness (QED) is 0.770. The zero-order chi connectivity index (χ0) is 22.2. The van der Waals surface area contributed by atoms with Gasteiger partial charge in [0.25, 0.3) is 0 Å². The van der Waals surface area contributed by atoms with Crippen molar-refractivity contribution in [2.45, 2.75) is 95.5 Å². The summed E-state index contributed by atoms with van der Waals surface area (Å²) >= 11 is 0. The number of benzene rings is 1. The van der Waals surface area contributed by atoms with Crippen LogP contribution in [0.15, 0.2) is 12.1 Å². The van der Waals surface area contributed by atoms with Crippen LogP contribution in [-0.4, -0.2) is 54.1 Å². The lowest BCUT2D eigenvalue weighted by atomic mass is 9.33. The number of piperidine rings is 1. The summed E-state index contributed by atoms with van der Waals surface area (Å²) in [6, 6.07) is 5.12. The van der Waals surface area contributed by atoms with Crippen molar-refractivity contribution in [1.29, 1.82) is 0 Å². The summed E-state index contributed by atoms with van der Waals surface area (Å²) in [5, 5.41) is 12.1. The molecule has 4 bridgehead atoms. The van der Waals surface area contributed by atoms with Gasteiger partial charge in [0.2, 0.25) is 0 Å². The van der Waals surface area contributed by atoms with E-state index < -0.39 is 11.2 Å². The molecule has 6 aliphatic rings. The molecule has 0 aromatic heterocycles. The lowest BCUT2D eigenvalue weighted by Gasteiger charge is -2.75. The Morgan fingerprint density at radius 2 is 1.90 bits per heavy atom. The molecule has 3 saturated carbocycles. The second-order valence-corrected chi connectivity index (χ2v) is 12.6. The van der Waals surface area contributed by atoms with Crippen molar-refractivity contribution in [3.63, 3.8) is 0 Å². The van der Waals surface area contributed by atoms with Gasteiger partial charge in [-0.2, -0.15) is 0 Å². The highest BCUT2D eigenvalue weighted by atomic mass is 16.6. The molecule has 0 radical (unpaired) electrons. The highest BCUT2D eigenvalue weighted by molar-refractivity contribution is 5.61. The molecule has 1 N–H and O–H groups in total. The van der Waals surface area contributed by atoms with Crippen LogP contribution in [0.4, 0.5) is 0 Å². The number of ether oxygens (including phenoxy) is 2. The Morgan fingerprint density at radius 3 is 2.58 bits per heavy atom. The van der Waals surface area contributed by atoms with Gasteiger partial charge in [-0.25, -0.2) is 0 Å². The molecule has 0 amide bonds. The molecule has 4 aliphatic carbocycles. The Hall–Kier alpha value is -1.10. The van der Waals surface area contributed by atoms with E-state index >= 15 is 0 Å². The summed E-state index contributed by atoms with van der Waals surface area (Å²) in [4.78, 5) is 2.62. The zero-order valence-electron chi connectivity index (χ0n) is 20.3. The van der Waals surface area contributed by atoms with Crippen LogP contribution in [0.2, 0.25) is 0 Å². The number of rotatable bonds is 2. The van der Waals surface area contributed by atoms with Gasteiger partial charge in [0.15, 0.2) is 0 Å². The second-order valence-electron chi connectivity index (χ2n) is 12.6. The SMILES string of the molecule is COC12CCC3(CC1C(C)(O)C(C)(C)C)C1Cc4ccc(C)c5c4C3(CCN1C)C2O5. The van der Waals surface area contributed by atoms with E-state index in [1.54, 1.807) is 0 Å². The standard InChI is InChI=1S/C27H39NO3/c1-16-8-9-17-14-19-25-10-11-27(30-7,18(15-25)24(5,29)23(2,3)4)22-26(25,12-13-28(19)6)20(17)21(16)31-22/h8-9,18-19,22,29H,10-15H2,1-7H3. The van der Waals surface area contributed by atoms with Crippen molar-refractivity contribution in [1.82, 2.24) is 4.90 Å². The highest BCUT2D eigenvalue weighted by Gasteiger charge is 2.82. The van der Waals surface area contributed by atoms with Crippen LogP contribution in [0.1, 0.15) is 70.1 Å². The van der Waals surface area contributed by atoms with Gasteiger partial charge in [-0.3, -0.25) is 0 Å². The van der Waals surface area contributed by atoms with Crippen molar-refractivity contribution in [3.8, 4) is 5.75 Å². The second kappa shape index (κ2) is 5.69. The van der Waals surface area contributed by atoms with Gasteiger partial charge in [-0.05, 0) is 76.1 Å². The third-order valence-corrected chi connectivity index (χ3v) is 11.0. The van der Waals surface area contributed by atoms with Crippen molar-refractivity contribution in [3.05, 3.63) is 28.8 Å². The molecule has 1 aromatic rings. The minimum atomic E-state index is -0.849. The van der Waals surface area contributed by atoms with Gasteiger partial charge >= 0.3 is 0 Å². The average Bonchev–Trinajstić information content (AvgIpc) is 3.08. The predicted molar refractivity (Wildman–Crippen MR) is 122 cm³/mol. The molecule has 4 fully saturated rings. The van der Waals surface area contributed by atoms with Crippen LogP contribution in [0.3, 0.4) is 0 Å². The first-order valence-electron chi connectivity index (χ1n) is 12.2. The molecule has 2 spiro atoms. The molecule has 4 heteroatoms. The van der Waals surface area contributed by atoms with E-state index in [1.807, 2.05) is 7.11 Å². The number of likely N-dealkylation sites (tertiary alicyclic amines) is 1. The molecule has 170 valence electrons. The maximum Gasteiger partial charge on any atom is 0.138 e. The van der Waals surface area contributed by atoms with Gasteiger partial charge in [0, 0.05) is 35.5 Å². The third-order valence-electron chi connectivity index (χ3n) is 11.0. The van der Waals surface area contributed by atoms with Crippen LogP contribution in [0, 0.1) is 23.7 Å². The number of methoxy groups -OCH3 is 1. The molecule has 7 unspecified atom stereocenters. The molecular formula is C27H39NO3. The van der Waals surface area contributed by atoms with E-state index in [4.69, 9.17) is 9.47 Å². The smallest absolute Gasteiger partial charge is 0.138 e. The van der Waals surface area contributed by atoms with Crippen LogP contribution in [0.25, 0.3) is 0 Å². The van der Waals surface area contributed by atoms with E-state index in [0.29, 0.717) is 6.04 Å². The first kappa shape index (κ1) is 20.5. The maximum absolute atomic E-state index is 12.1. The van der Waals surface area contributed by atoms with Crippen LogP contribution in [-0.2, 0) is 16.6 Å². The molecule has 2 aliphatic heterocycles. The van der Waals surface area contributed by atoms with Gasteiger partial charge < -0.3 is 19.5 Å². The van der Waals surface area contributed by atoms with Crippen molar-refractivity contribution in [2.75, 3.05) is 20.7 Å². The monoisotopic (exact) mass is 425 g/mol. The van der Waals surface area contributed by atoms with Crippen LogP contribution in [0.5, 0.6) is 5.75 Å². The van der Waals surface area contributed by atoms with Crippen molar-refractivity contribution < 1.29 is 14.6 Å². The highest BCUT2D eigenvalue weighted by Crippen LogP contribution is 2.77. The number of fused-ring (bicyclic) bond motifs is 2. The lowest BCUT2D eigenvalue weighted by molar-refractivity contribution is -0.311. The fraction of sp³-hybridized carbons (Fsp3) is 0.778. The lowest BCUT2D eigenvalue weighted by Crippen LogP contribution is -2.83. The largest absolute Gasteiger partial charge is 0.486 e. The molecule has 1 saturated heterocycles. The van der Waals surface area contributed by atoms with Gasteiger partial charge in [0.1, 0.15) is 17.5 Å². The molecule has 7 atom stereocenters. The zero-order valence-corrected chi connectivity index (χ0v) is 20.3. The van der Waals surface area contributed by atoms with Crippen molar-refractivity contribution in [2.24, 2.45) is 16.7 Å². The van der Waals surface area contributed by atoms with Crippen molar-refractivity contribution >= 4 is 0 Å². The normalized spacial score (nSPS) is 44.6. The van der Waals surface area contributed by atoms with E-state index in [2.05, 4.69) is 58.7 Å². The summed E-state index contributed by atoms with van der Waals surface area (Å²) in [6.45, 7) is 11.9. The molecule has 1 aromatic carbocycles. The van der Waals surface area contributed by atoms with Crippen LogP contribution < -0.4 is 4.74 Å². The summed E-state index contributed by atoms with van der Waals surface area (Å²) in [7, 11) is 4.19. The van der Waals surface area contributed by atoms with Crippen LogP contribution >= 0.6 is 0 Å². The average molecular weight is 426 g/mol. The van der Waals surface area contributed by atoms with Gasteiger partial charge in [0.05, 0.1) is 5.60 Å². The molecule has 2 heterocycles. The van der Waals surface area contributed by atoms with E-state index in [0.717, 1.165) is 38.0 Å². The van der Waals surface area contributed by atoms with E-state index in [9.17, 15) is 5.11 Å². The number of aliphatic hydroxyl groups is 1. The number of hydrogen-bond acceptors (Lipinski definition) is 4. The number of hydrogen-bond donors (Lipinski definition) is 1. The third kappa shape index (κ3) is 1.98. The number of likely N-dealkylation sites (N-methyl/N-ethyl adjacent to an activating group) is 1. The fourth-order valence-electron chi connectivity index (χ4n) is 9.01. The minimum absolute atomic E-state index is 0.0117. The summed E-state index contributed by atoms with van der Waals surface area (Å²) in [5.41, 5.74) is 2.85. The molecule has 31 heavy (non-hydrogen) atoms. The summed E-state index contributed by atoms with van der Waals surface area (Å²) in [5.74, 6) is 1.18. The Kier molecular flexibility index (Phi) is 3.76. The number of aryl methyl sites for hydroxylation is 1. The Morgan fingerprint density at radius 1 is 1.16 bits per heavy atom. The van der Waals surface area contributed by atoms with E-state index in [1.165, 1.54) is 23.1 Å². The summed E-state index contributed by atoms with van der Waals surface area (Å²) in [6.07, 6.45) is 5.37. The molecule has 7 rings (SSSR count). The first-order chi connectivity index (χ1) is 14.5. The predicted octanol–water partition coefficient (Wildman–Crippen LogP) is 4.24. The Balaban J connectivity index is 1.66. The topological polar surface area (TPSA) is 41.9 Å². The number of nitrogens with zero attached hydrogens (tertiary/aromatic N) is 1. The maximum atomic E-state index is 12.1. The molecular weight excluding hydrogens is 386 g/mol. The molecule has 4 nitrogen and oxygen atoms in total. The summed E-state index contributed by atoms with van der Waals surface area (Å²) < 4.78 is 13.6. The van der Waals surface area contributed by atoms with Gasteiger partial charge in [-0.1, -0.05) is 32.9 Å². The Bertz CT molecular complexity index is 964. The first-order valence-corrected chi connectivity index (χ1v) is 12.2.